The Hall–Kier alpha value is -2.95. The average Bonchev–Trinajstić information content (AvgIpc) is 3.11. The summed E-state index contributed by atoms with van der Waals surface area (Å²) in [4.78, 5) is 32.4. The number of carbonyl (C=O) groups is 2. The summed E-state index contributed by atoms with van der Waals surface area (Å²) in [6, 6.07) is 9.95. The van der Waals surface area contributed by atoms with E-state index in [1.54, 1.807) is 0 Å². The first-order valence-electron chi connectivity index (χ1n) is 10.2. The van der Waals surface area contributed by atoms with E-state index in [9.17, 15) is 9.59 Å². The molecule has 158 valence electrons. The lowest BCUT2D eigenvalue weighted by Crippen LogP contribution is -2.24. The molecule has 1 aromatic carbocycles. The molecule has 0 spiro atoms. The molecule has 2 aromatic rings. The summed E-state index contributed by atoms with van der Waals surface area (Å²) in [5.41, 5.74) is 5.47. The van der Waals surface area contributed by atoms with Gasteiger partial charge in [0, 0.05) is 17.4 Å². The highest BCUT2D eigenvalue weighted by Gasteiger charge is 2.35. The van der Waals surface area contributed by atoms with Crippen molar-refractivity contribution in [2.24, 2.45) is 10.4 Å². The summed E-state index contributed by atoms with van der Waals surface area (Å²) in [5.74, 6) is -0.379. The lowest BCUT2D eigenvalue weighted by molar-refractivity contribution is -0.103. The van der Waals surface area contributed by atoms with Crippen molar-refractivity contribution < 1.29 is 14.3 Å². The van der Waals surface area contributed by atoms with Gasteiger partial charge in [-0.25, -0.2) is 4.79 Å². The predicted molar refractivity (Wildman–Crippen MR) is 120 cm³/mol. The Balaban J connectivity index is 2.22. The lowest BCUT2D eigenvalue weighted by Gasteiger charge is -2.19. The molecule has 30 heavy (non-hydrogen) atoms. The fraction of sp³-hybridized carbons (Fsp3) is 0.400. The number of aromatic amines is 1. The third-order valence-electron chi connectivity index (χ3n) is 5.44. The third kappa shape index (κ3) is 4.16. The average molecular weight is 407 g/mol. The van der Waals surface area contributed by atoms with Crippen LogP contribution in [0.15, 0.2) is 41.0 Å². The van der Waals surface area contributed by atoms with Gasteiger partial charge in [0.15, 0.2) is 6.29 Å². The van der Waals surface area contributed by atoms with Gasteiger partial charge in [-0.2, -0.15) is 0 Å². The molecule has 0 bridgehead atoms. The molecule has 2 heterocycles. The van der Waals surface area contributed by atoms with Crippen molar-refractivity contribution in [3.8, 4) is 0 Å². The summed E-state index contributed by atoms with van der Waals surface area (Å²) in [7, 11) is 0. The van der Waals surface area contributed by atoms with Crippen molar-refractivity contribution in [2.45, 2.75) is 60.5 Å². The summed E-state index contributed by atoms with van der Waals surface area (Å²) in [6.07, 6.45) is 1.49. The molecule has 0 saturated heterocycles. The smallest absolute Gasteiger partial charge is 0.355 e. The molecule has 3 rings (SSSR count). The van der Waals surface area contributed by atoms with Crippen LogP contribution in [0.2, 0.25) is 0 Å². The van der Waals surface area contributed by atoms with Crippen LogP contribution in [0, 0.1) is 19.3 Å². The number of nitrogens with one attached hydrogen (secondary N) is 1. The quantitative estimate of drug-likeness (QED) is 0.545. The van der Waals surface area contributed by atoms with Crippen LogP contribution in [-0.4, -0.2) is 28.6 Å². The molecule has 0 atom stereocenters. The van der Waals surface area contributed by atoms with Crippen LogP contribution < -0.4 is 0 Å². The number of aliphatic imine (C=N–C) groups is 1. The molecular formula is C25H30N2O3. The number of carbonyl (C=O) groups excluding carboxylic acids is 2. The minimum atomic E-state index is -0.581. The molecule has 1 aliphatic rings. The molecule has 0 fully saturated rings. The van der Waals surface area contributed by atoms with Gasteiger partial charge in [-0.1, -0.05) is 44.2 Å². The molecule has 1 aromatic heterocycles. The number of allylic oxidation sites excluding steroid dienone is 1. The zero-order valence-electron chi connectivity index (χ0n) is 18.8. The molecule has 1 N–H and O–H groups in total. The highest BCUT2D eigenvalue weighted by atomic mass is 16.6. The Morgan fingerprint density at radius 1 is 1.10 bits per heavy atom. The highest BCUT2D eigenvalue weighted by Crippen LogP contribution is 2.41. The van der Waals surface area contributed by atoms with Gasteiger partial charge in [0.2, 0.25) is 0 Å². The number of aromatic nitrogens is 1. The van der Waals surface area contributed by atoms with Crippen molar-refractivity contribution >= 4 is 23.5 Å². The minimum Gasteiger partial charge on any atom is -0.455 e. The van der Waals surface area contributed by atoms with Gasteiger partial charge in [-0.15, -0.1) is 0 Å². The normalized spacial score (nSPS) is 17.5. The first-order chi connectivity index (χ1) is 13.9. The molecule has 0 amide bonds. The molecule has 0 radical (unpaired) electrons. The van der Waals surface area contributed by atoms with Crippen LogP contribution in [0.3, 0.4) is 0 Å². The van der Waals surface area contributed by atoms with E-state index < -0.39 is 5.60 Å². The molecule has 5 heteroatoms. The zero-order valence-corrected chi connectivity index (χ0v) is 18.8. The van der Waals surface area contributed by atoms with E-state index in [-0.39, 0.29) is 11.4 Å². The standard InChI is InChI=1S/C25H30N2O3/c1-15-16(2)22(23(29)30-24(3,4)5)27-21(15)20(17-11-9-8-10-12-17)18-13-25(6,7)19(14-28)26-18/h8-12,14,27H,13H2,1-7H3/b20-18-. The number of ether oxygens (including phenoxy) is 1. The summed E-state index contributed by atoms with van der Waals surface area (Å²) < 4.78 is 5.59. The lowest BCUT2D eigenvalue weighted by atomic mass is 9.84. The second-order valence-electron chi connectivity index (χ2n) is 9.49. The van der Waals surface area contributed by atoms with E-state index in [1.807, 2.05) is 78.8 Å². The third-order valence-corrected chi connectivity index (χ3v) is 5.44. The number of rotatable bonds is 4. The topological polar surface area (TPSA) is 71.5 Å². The monoisotopic (exact) mass is 406 g/mol. The van der Waals surface area contributed by atoms with Gasteiger partial charge in [-0.05, 0) is 51.3 Å². The first-order valence-corrected chi connectivity index (χ1v) is 10.2. The Morgan fingerprint density at radius 2 is 1.70 bits per heavy atom. The van der Waals surface area contributed by atoms with E-state index in [2.05, 4.69) is 9.98 Å². The van der Waals surface area contributed by atoms with E-state index >= 15 is 0 Å². The van der Waals surface area contributed by atoms with Gasteiger partial charge in [-0.3, -0.25) is 9.79 Å². The van der Waals surface area contributed by atoms with E-state index in [0.717, 1.165) is 39.9 Å². The van der Waals surface area contributed by atoms with Crippen molar-refractivity contribution in [2.75, 3.05) is 0 Å². The number of aldehydes is 1. The van der Waals surface area contributed by atoms with Crippen LogP contribution >= 0.6 is 0 Å². The second-order valence-corrected chi connectivity index (χ2v) is 9.49. The first kappa shape index (κ1) is 21.8. The Morgan fingerprint density at radius 3 is 2.23 bits per heavy atom. The van der Waals surface area contributed by atoms with Crippen LogP contribution in [-0.2, 0) is 9.53 Å². The Bertz CT molecular complexity index is 1050. The number of esters is 1. The van der Waals surface area contributed by atoms with E-state index in [0.29, 0.717) is 17.8 Å². The van der Waals surface area contributed by atoms with Gasteiger partial charge >= 0.3 is 5.97 Å². The molecule has 0 unspecified atom stereocenters. The molecule has 0 saturated carbocycles. The molecule has 1 aliphatic heterocycles. The van der Waals surface area contributed by atoms with Crippen LogP contribution in [0.5, 0.6) is 0 Å². The summed E-state index contributed by atoms with van der Waals surface area (Å²) in [6.45, 7) is 13.5. The number of hydrogen-bond acceptors (Lipinski definition) is 4. The maximum Gasteiger partial charge on any atom is 0.355 e. The SMILES string of the molecule is Cc1c(C(=O)OC(C)(C)C)[nH]c(/C(=C2/CC(C)(C)C(C=O)=N2)c2ccccc2)c1C. The van der Waals surface area contributed by atoms with Crippen molar-refractivity contribution in [3.05, 3.63) is 64.1 Å². The van der Waals surface area contributed by atoms with E-state index in [1.165, 1.54) is 0 Å². The second kappa shape index (κ2) is 7.71. The fourth-order valence-corrected chi connectivity index (χ4v) is 3.71. The largest absolute Gasteiger partial charge is 0.455 e. The number of nitrogens with zero attached hydrogens (tertiary/aromatic N) is 1. The fourth-order valence-electron chi connectivity index (χ4n) is 3.71. The maximum absolute atomic E-state index is 12.8. The number of hydrogen-bond donors (Lipinski definition) is 1. The van der Waals surface area contributed by atoms with Crippen molar-refractivity contribution in [3.63, 3.8) is 0 Å². The van der Waals surface area contributed by atoms with Crippen LogP contribution in [0.25, 0.3) is 5.57 Å². The molecule has 5 nitrogen and oxygen atoms in total. The Labute approximate surface area is 178 Å². The van der Waals surface area contributed by atoms with Crippen molar-refractivity contribution in [1.82, 2.24) is 4.98 Å². The van der Waals surface area contributed by atoms with Crippen LogP contribution in [0.1, 0.15) is 73.9 Å². The predicted octanol–water partition coefficient (Wildman–Crippen LogP) is 5.42. The van der Waals surface area contributed by atoms with Gasteiger partial charge in [0.1, 0.15) is 11.3 Å². The molecule has 0 aliphatic carbocycles. The molecular weight excluding hydrogens is 376 g/mol. The maximum atomic E-state index is 12.8. The number of H-pyrrole nitrogens is 1. The van der Waals surface area contributed by atoms with Gasteiger partial charge < -0.3 is 9.72 Å². The minimum absolute atomic E-state index is 0.333. The Kier molecular flexibility index (Phi) is 5.59. The van der Waals surface area contributed by atoms with E-state index in [4.69, 9.17) is 4.74 Å². The van der Waals surface area contributed by atoms with Crippen molar-refractivity contribution in [1.29, 1.82) is 0 Å². The highest BCUT2D eigenvalue weighted by molar-refractivity contribution is 6.32. The summed E-state index contributed by atoms with van der Waals surface area (Å²) >= 11 is 0. The zero-order chi connectivity index (χ0) is 22.3. The van der Waals surface area contributed by atoms with Crippen LogP contribution in [0.4, 0.5) is 0 Å². The van der Waals surface area contributed by atoms with Gasteiger partial charge in [0.25, 0.3) is 0 Å². The van der Waals surface area contributed by atoms with Gasteiger partial charge in [0.05, 0.1) is 17.1 Å². The summed E-state index contributed by atoms with van der Waals surface area (Å²) in [5, 5.41) is 0. The number of benzene rings is 1.